The van der Waals surface area contributed by atoms with E-state index in [0.717, 1.165) is 18.4 Å². The molecule has 0 saturated heterocycles. The van der Waals surface area contributed by atoms with Gasteiger partial charge in [0.2, 0.25) is 5.78 Å². The number of allylic oxidation sites excluding steroid dienone is 4. The van der Waals surface area contributed by atoms with Crippen molar-refractivity contribution in [3.05, 3.63) is 23.8 Å². The lowest BCUT2D eigenvalue weighted by atomic mass is 9.46. The van der Waals surface area contributed by atoms with Crippen LogP contribution >= 0.6 is 0 Å². The molecule has 0 spiro atoms. The first-order chi connectivity index (χ1) is 15.0. The fraction of sp³-hybridized carbons (Fsp3) is 0.680. The zero-order valence-electron chi connectivity index (χ0n) is 19.1. The van der Waals surface area contributed by atoms with Crippen molar-refractivity contribution in [3.63, 3.8) is 0 Å². The minimum absolute atomic E-state index is 0.00898. The molecule has 8 atom stereocenters. The van der Waals surface area contributed by atoms with Crippen molar-refractivity contribution < 1.29 is 29.0 Å². The number of hydrogen-bond donors (Lipinski definition) is 1. The molecule has 4 aliphatic carbocycles. The van der Waals surface area contributed by atoms with Crippen molar-refractivity contribution in [1.82, 2.24) is 0 Å². The van der Waals surface area contributed by atoms with Gasteiger partial charge in [0, 0.05) is 30.6 Å². The molecule has 32 heavy (non-hydrogen) atoms. The second-order valence-corrected chi connectivity index (χ2v) is 10.7. The van der Waals surface area contributed by atoms with Gasteiger partial charge in [-0.1, -0.05) is 25.5 Å². The van der Waals surface area contributed by atoms with E-state index in [1.165, 1.54) is 6.92 Å². The Balaban J connectivity index is 1.56. The predicted octanol–water partition coefficient (Wildman–Crippen LogP) is 2.56. The summed E-state index contributed by atoms with van der Waals surface area (Å²) in [6.07, 6.45) is 7.01. The zero-order chi connectivity index (χ0) is 23.1. The lowest BCUT2D eigenvalue weighted by Gasteiger charge is -2.59. The van der Waals surface area contributed by atoms with Gasteiger partial charge in [-0.05, 0) is 49.7 Å². The van der Waals surface area contributed by atoms with Crippen molar-refractivity contribution in [1.29, 1.82) is 0 Å². The van der Waals surface area contributed by atoms with Gasteiger partial charge in [0.25, 0.3) is 0 Å². The molecule has 1 aliphatic heterocycles. The van der Waals surface area contributed by atoms with Crippen molar-refractivity contribution >= 4 is 23.4 Å². The summed E-state index contributed by atoms with van der Waals surface area (Å²) in [4.78, 5) is 41.7. The maximum atomic E-state index is 13.5. The summed E-state index contributed by atoms with van der Waals surface area (Å²) in [7, 11) is 0. The highest BCUT2D eigenvalue weighted by Gasteiger charge is 2.74. The number of aliphatic imine (C=N–C) groups is 1. The van der Waals surface area contributed by atoms with E-state index in [2.05, 4.69) is 13.8 Å². The van der Waals surface area contributed by atoms with Crippen LogP contribution in [0.1, 0.15) is 53.4 Å². The highest BCUT2D eigenvalue weighted by atomic mass is 16.5. The van der Waals surface area contributed by atoms with Crippen LogP contribution in [-0.2, 0) is 23.9 Å². The van der Waals surface area contributed by atoms with Crippen LogP contribution in [0.3, 0.4) is 0 Å². The molecule has 3 saturated carbocycles. The Hall–Kier alpha value is -2.28. The number of aliphatic hydroxyl groups is 1. The van der Waals surface area contributed by atoms with E-state index in [-0.39, 0.29) is 41.3 Å². The van der Waals surface area contributed by atoms with Crippen LogP contribution in [0.4, 0.5) is 0 Å². The molecule has 4 unspecified atom stereocenters. The molecular formula is C25H31NO6. The van der Waals surface area contributed by atoms with Gasteiger partial charge in [-0.2, -0.15) is 0 Å². The zero-order valence-corrected chi connectivity index (χ0v) is 19.1. The Kier molecular flexibility index (Phi) is 4.62. The third-order valence-electron chi connectivity index (χ3n) is 9.17. The van der Waals surface area contributed by atoms with Gasteiger partial charge in [-0.15, -0.1) is 0 Å². The molecular weight excluding hydrogens is 410 g/mol. The SMILES string of the molecule is CC(=O)OCC(=O)[C@@]12N=C(C)O[C@@H]1CC1C3CCC4=CC(=O)C=C[C@]4(C)C3C(O)C[C@@]12C. The molecule has 3 fully saturated rings. The Morgan fingerprint density at radius 2 is 2.09 bits per heavy atom. The largest absolute Gasteiger partial charge is 0.475 e. The van der Waals surface area contributed by atoms with Crippen LogP contribution in [0.5, 0.6) is 0 Å². The van der Waals surface area contributed by atoms with Crippen LogP contribution in [-0.4, -0.2) is 52.9 Å². The van der Waals surface area contributed by atoms with Gasteiger partial charge >= 0.3 is 5.97 Å². The third kappa shape index (κ3) is 2.63. The van der Waals surface area contributed by atoms with Crippen molar-refractivity contribution in [2.24, 2.45) is 33.6 Å². The molecule has 5 aliphatic rings. The summed E-state index contributed by atoms with van der Waals surface area (Å²) in [5.41, 5.74) is -1.04. The molecule has 172 valence electrons. The van der Waals surface area contributed by atoms with Crippen LogP contribution in [0.2, 0.25) is 0 Å². The van der Waals surface area contributed by atoms with E-state index in [4.69, 9.17) is 14.5 Å². The molecule has 0 bridgehead atoms. The summed E-state index contributed by atoms with van der Waals surface area (Å²) in [6.45, 7) is 6.88. The molecule has 1 heterocycles. The lowest BCUT2D eigenvalue weighted by molar-refractivity contribution is -0.155. The van der Waals surface area contributed by atoms with Crippen molar-refractivity contribution in [3.8, 4) is 0 Å². The molecule has 0 amide bonds. The van der Waals surface area contributed by atoms with Gasteiger partial charge in [-0.3, -0.25) is 14.4 Å². The molecule has 7 nitrogen and oxygen atoms in total. The number of carbonyl (C=O) groups is 3. The van der Waals surface area contributed by atoms with E-state index >= 15 is 0 Å². The van der Waals surface area contributed by atoms with E-state index in [9.17, 15) is 19.5 Å². The monoisotopic (exact) mass is 441 g/mol. The number of rotatable bonds is 3. The average Bonchev–Trinajstić information content (AvgIpc) is 3.17. The smallest absolute Gasteiger partial charge is 0.303 e. The molecule has 1 N–H and O–H groups in total. The number of esters is 1. The summed E-state index contributed by atoms with van der Waals surface area (Å²) >= 11 is 0. The Labute approximate surface area is 187 Å². The molecule has 0 aromatic carbocycles. The molecule has 0 radical (unpaired) electrons. The fourth-order valence-electron chi connectivity index (χ4n) is 7.97. The maximum Gasteiger partial charge on any atom is 0.303 e. The normalized spacial score (nSPS) is 46.2. The first kappa shape index (κ1) is 21.6. The number of nitrogens with zero attached hydrogens (tertiary/aromatic N) is 1. The predicted molar refractivity (Wildman–Crippen MR) is 116 cm³/mol. The van der Waals surface area contributed by atoms with E-state index in [1.54, 1.807) is 19.1 Å². The number of ether oxygens (including phenoxy) is 2. The van der Waals surface area contributed by atoms with E-state index < -0.39 is 29.1 Å². The molecule has 7 heteroatoms. The highest BCUT2D eigenvalue weighted by molar-refractivity contribution is 6.01. The van der Waals surface area contributed by atoms with E-state index in [1.807, 2.05) is 6.08 Å². The quantitative estimate of drug-likeness (QED) is 0.676. The van der Waals surface area contributed by atoms with Gasteiger partial charge in [0.05, 0.1) is 6.10 Å². The highest BCUT2D eigenvalue weighted by Crippen LogP contribution is 2.69. The van der Waals surface area contributed by atoms with Crippen LogP contribution in [0, 0.1) is 28.6 Å². The Morgan fingerprint density at radius 1 is 1.34 bits per heavy atom. The van der Waals surface area contributed by atoms with Gasteiger partial charge in [-0.25, -0.2) is 4.99 Å². The Morgan fingerprint density at radius 3 is 2.81 bits per heavy atom. The van der Waals surface area contributed by atoms with Gasteiger partial charge < -0.3 is 14.6 Å². The number of carbonyl (C=O) groups excluding carboxylic acids is 3. The van der Waals surface area contributed by atoms with Crippen LogP contribution in [0.25, 0.3) is 0 Å². The maximum absolute atomic E-state index is 13.5. The average molecular weight is 442 g/mol. The number of aliphatic hydroxyl groups excluding tert-OH is 1. The standard InChI is InChI=1S/C25H31NO6/c1-13-26-25(20(30)12-31-14(2)27)21(32-13)10-18-17-6-5-15-9-16(28)7-8-23(15,3)22(17)19(29)11-24(18,25)4/h7-9,17-19,21-22,29H,5-6,10-12H2,1-4H3/t17?,18?,19?,21-,22?,23+,24+,25-/m1/s1. The number of hydrogen-bond acceptors (Lipinski definition) is 7. The first-order valence-electron chi connectivity index (χ1n) is 11.5. The topological polar surface area (TPSA) is 102 Å². The van der Waals surface area contributed by atoms with Crippen molar-refractivity contribution in [2.45, 2.75) is 71.1 Å². The second-order valence-electron chi connectivity index (χ2n) is 10.7. The Bertz CT molecular complexity index is 996. The molecule has 0 aromatic heterocycles. The minimum atomic E-state index is -1.15. The fourth-order valence-corrected chi connectivity index (χ4v) is 7.97. The van der Waals surface area contributed by atoms with E-state index in [0.29, 0.717) is 18.7 Å². The first-order valence-corrected chi connectivity index (χ1v) is 11.5. The van der Waals surface area contributed by atoms with Crippen LogP contribution in [0.15, 0.2) is 28.8 Å². The summed E-state index contributed by atoms with van der Waals surface area (Å²) in [5, 5.41) is 11.6. The van der Waals surface area contributed by atoms with Crippen molar-refractivity contribution in [2.75, 3.05) is 6.61 Å². The van der Waals surface area contributed by atoms with Crippen LogP contribution < -0.4 is 0 Å². The van der Waals surface area contributed by atoms with Gasteiger partial charge in [0.1, 0.15) is 6.10 Å². The number of ketones is 2. The summed E-state index contributed by atoms with van der Waals surface area (Å²) < 4.78 is 11.2. The second kappa shape index (κ2) is 6.86. The minimum Gasteiger partial charge on any atom is -0.475 e. The number of Topliss-reactive ketones (excluding diaryl/α,β-unsaturated/α-hetero) is 1. The summed E-state index contributed by atoms with van der Waals surface area (Å²) in [5.74, 6) is -0.0140. The lowest BCUT2D eigenvalue weighted by Crippen LogP contribution is -2.62. The molecule has 5 rings (SSSR count). The summed E-state index contributed by atoms with van der Waals surface area (Å²) in [6, 6.07) is 0. The number of fused-ring (bicyclic) bond motifs is 7. The van der Waals surface area contributed by atoms with Gasteiger partial charge in [0.15, 0.2) is 23.8 Å². The molecule has 0 aromatic rings. The third-order valence-corrected chi connectivity index (χ3v) is 9.17.